The highest BCUT2D eigenvalue weighted by atomic mass is 19.1. The molecule has 4 rings (SSSR count). The minimum absolute atomic E-state index is 0.0660. The van der Waals surface area contributed by atoms with Crippen LogP contribution in [0.2, 0.25) is 0 Å². The summed E-state index contributed by atoms with van der Waals surface area (Å²) < 4.78 is 19.9. The molecule has 0 aliphatic heterocycles. The number of fused-ring (bicyclic) bond motifs is 1. The number of benzene rings is 1. The van der Waals surface area contributed by atoms with E-state index < -0.39 is 5.82 Å². The molecular formula is C30H41FO2. The number of hydrogen-bond acceptors (Lipinski definition) is 2. The topological polar surface area (TPSA) is 26.3 Å². The van der Waals surface area contributed by atoms with Crippen LogP contribution in [0.15, 0.2) is 43.0 Å². The number of rotatable bonds is 7. The molecule has 0 saturated heterocycles. The smallest absolute Gasteiger partial charge is 0.314 e. The van der Waals surface area contributed by atoms with Gasteiger partial charge in [0.1, 0.15) is 0 Å². The Morgan fingerprint density at radius 3 is 2.36 bits per heavy atom. The third kappa shape index (κ3) is 6.16. The Bertz CT molecular complexity index is 836. The Balaban J connectivity index is 1.24. The Labute approximate surface area is 199 Å². The summed E-state index contributed by atoms with van der Waals surface area (Å²) in [6.07, 6.45) is 20.4. The van der Waals surface area contributed by atoms with Gasteiger partial charge in [-0.2, -0.15) is 0 Å². The summed E-state index contributed by atoms with van der Waals surface area (Å²) in [6, 6.07) is 4.92. The molecular weight excluding hydrogens is 411 g/mol. The number of allylic oxidation sites excluding steroid dienone is 3. The molecule has 0 spiro atoms. The van der Waals surface area contributed by atoms with E-state index in [4.69, 9.17) is 4.74 Å². The van der Waals surface area contributed by atoms with Gasteiger partial charge in [0.25, 0.3) is 0 Å². The average molecular weight is 453 g/mol. The number of ether oxygens (including phenoxy) is 1. The first-order valence-electron chi connectivity index (χ1n) is 13.3. The van der Waals surface area contributed by atoms with Gasteiger partial charge in [-0.05, 0) is 131 Å². The van der Waals surface area contributed by atoms with Gasteiger partial charge in [-0.3, -0.25) is 4.79 Å². The maximum Gasteiger partial charge on any atom is 0.314 e. The molecule has 0 heterocycles. The van der Waals surface area contributed by atoms with Gasteiger partial charge in [0.05, 0.1) is 5.92 Å². The minimum Gasteiger partial charge on any atom is -0.423 e. The second-order valence-corrected chi connectivity index (χ2v) is 10.8. The fourth-order valence-corrected chi connectivity index (χ4v) is 6.91. The number of halogens is 1. The zero-order valence-electron chi connectivity index (χ0n) is 20.3. The van der Waals surface area contributed by atoms with E-state index in [1.54, 1.807) is 6.07 Å². The van der Waals surface area contributed by atoms with Crippen LogP contribution in [0.4, 0.5) is 4.39 Å². The van der Waals surface area contributed by atoms with Gasteiger partial charge in [-0.15, -0.1) is 6.58 Å². The summed E-state index contributed by atoms with van der Waals surface area (Å²) >= 11 is 0. The molecule has 33 heavy (non-hydrogen) atoms. The summed E-state index contributed by atoms with van der Waals surface area (Å²) in [5.74, 6) is 3.53. The first-order chi connectivity index (χ1) is 16.1. The molecule has 1 aromatic carbocycles. The molecule has 3 fully saturated rings. The highest BCUT2D eigenvalue weighted by molar-refractivity contribution is 5.75. The van der Waals surface area contributed by atoms with E-state index in [-0.39, 0.29) is 17.6 Å². The number of esters is 1. The van der Waals surface area contributed by atoms with Gasteiger partial charge in [-0.1, -0.05) is 24.3 Å². The molecule has 1 aromatic rings. The lowest BCUT2D eigenvalue weighted by Gasteiger charge is -2.45. The lowest BCUT2D eigenvalue weighted by Crippen LogP contribution is -2.35. The number of hydrogen-bond donors (Lipinski definition) is 0. The number of aryl methyl sites for hydroxylation is 1. The molecule has 0 aromatic heterocycles. The highest BCUT2D eigenvalue weighted by Gasteiger charge is 2.39. The van der Waals surface area contributed by atoms with E-state index in [0.29, 0.717) is 0 Å². The molecule has 0 radical (unpaired) electrons. The van der Waals surface area contributed by atoms with Gasteiger partial charge in [0, 0.05) is 0 Å². The molecule has 0 amide bonds. The van der Waals surface area contributed by atoms with E-state index >= 15 is 0 Å². The first kappa shape index (κ1) is 24.2. The standard InChI is InChI=1S/C30H41FO2/c1-3-5-7-22-9-17-29(28(31)19-22)33-30(32)24-13-11-23(12-14-24)26-16-15-25-18-21(6-4-2)8-10-27(25)20-26/h3-4,6,9,17,19,21,23-27H,1,5,7-8,10-16,18,20H2,2H3/b6-4+. The van der Waals surface area contributed by atoms with Gasteiger partial charge >= 0.3 is 5.97 Å². The SMILES string of the molecule is C=CCCc1ccc(OC(=O)C2CCC(C3CCC4CC(/C=C/C)CCC4C3)CC2)c(F)c1. The van der Waals surface area contributed by atoms with E-state index in [1.807, 2.05) is 12.1 Å². The van der Waals surface area contributed by atoms with Crippen LogP contribution in [0.25, 0.3) is 0 Å². The summed E-state index contributed by atoms with van der Waals surface area (Å²) in [5.41, 5.74) is 0.901. The Hall–Kier alpha value is -1.90. The van der Waals surface area contributed by atoms with E-state index in [0.717, 1.165) is 73.7 Å². The fraction of sp³-hybridized carbons (Fsp3) is 0.633. The second-order valence-electron chi connectivity index (χ2n) is 10.8. The van der Waals surface area contributed by atoms with Crippen LogP contribution in [-0.4, -0.2) is 5.97 Å². The maximum absolute atomic E-state index is 14.4. The van der Waals surface area contributed by atoms with Crippen molar-refractivity contribution in [2.45, 2.75) is 84.0 Å². The molecule has 3 aliphatic rings. The normalized spacial score (nSPS) is 32.3. The van der Waals surface area contributed by atoms with Gasteiger partial charge in [-0.25, -0.2) is 4.39 Å². The van der Waals surface area contributed by atoms with Gasteiger partial charge in [0.2, 0.25) is 0 Å². The monoisotopic (exact) mass is 452 g/mol. The fourth-order valence-electron chi connectivity index (χ4n) is 6.91. The van der Waals surface area contributed by atoms with Crippen molar-refractivity contribution in [1.82, 2.24) is 0 Å². The molecule has 4 unspecified atom stereocenters. The number of carbonyl (C=O) groups excluding carboxylic acids is 1. The molecule has 0 N–H and O–H groups in total. The lowest BCUT2D eigenvalue weighted by molar-refractivity contribution is -0.140. The molecule has 3 saturated carbocycles. The molecule has 180 valence electrons. The molecule has 3 heteroatoms. The van der Waals surface area contributed by atoms with Crippen LogP contribution in [0.1, 0.15) is 83.1 Å². The largest absolute Gasteiger partial charge is 0.423 e. The van der Waals surface area contributed by atoms with Crippen molar-refractivity contribution in [3.8, 4) is 5.75 Å². The first-order valence-corrected chi connectivity index (χ1v) is 13.3. The van der Waals surface area contributed by atoms with Crippen molar-refractivity contribution in [3.05, 3.63) is 54.4 Å². The third-order valence-electron chi connectivity index (χ3n) is 8.77. The average Bonchev–Trinajstić information content (AvgIpc) is 2.84. The predicted octanol–water partition coefficient (Wildman–Crippen LogP) is 8.06. The Morgan fingerprint density at radius 1 is 1.00 bits per heavy atom. The van der Waals surface area contributed by atoms with Gasteiger partial charge in [0.15, 0.2) is 11.6 Å². The Kier molecular flexibility index (Phi) is 8.44. The van der Waals surface area contributed by atoms with Crippen molar-refractivity contribution >= 4 is 5.97 Å². The maximum atomic E-state index is 14.4. The van der Waals surface area contributed by atoms with E-state index in [1.165, 1.54) is 44.6 Å². The minimum atomic E-state index is -0.445. The number of carbonyl (C=O) groups is 1. The second kappa shape index (κ2) is 11.5. The lowest BCUT2D eigenvalue weighted by atomic mass is 9.61. The van der Waals surface area contributed by atoms with Crippen molar-refractivity contribution in [2.24, 2.45) is 35.5 Å². The van der Waals surface area contributed by atoms with Crippen molar-refractivity contribution in [1.29, 1.82) is 0 Å². The van der Waals surface area contributed by atoms with E-state index in [9.17, 15) is 9.18 Å². The van der Waals surface area contributed by atoms with Crippen LogP contribution in [0, 0.1) is 41.3 Å². The molecule has 0 bridgehead atoms. The molecule has 2 nitrogen and oxygen atoms in total. The van der Waals surface area contributed by atoms with Crippen LogP contribution >= 0.6 is 0 Å². The zero-order chi connectivity index (χ0) is 23.2. The summed E-state index contributed by atoms with van der Waals surface area (Å²) in [6.45, 7) is 5.85. The van der Waals surface area contributed by atoms with Crippen molar-refractivity contribution in [3.63, 3.8) is 0 Å². The zero-order valence-corrected chi connectivity index (χ0v) is 20.3. The predicted molar refractivity (Wildman–Crippen MR) is 132 cm³/mol. The molecule has 4 atom stereocenters. The van der Waals surface area contributed by atoms with Gasteiger partial charge < -0.3 is 4.74 Å². The van der Waals surface area contributed by atoms with Crippen LogP contribution in [0.3, 0.4) is 0 Å². The van der Waals surface area contributed by atoms with Crippen LogP contribution in [-0.2, 0) is 11.2 Å². The quantitative estimate of drug-likeness (QED) is 0.237. The summed E-state index contributed by atoms with van der Waals surface area (Å²) in [7, 11) is 0. The van der Waals surface area contributed by atoms with Crippen molar-refractivity contribution in [2.75, 3.05) is 0 Å². The van der Waals surface area contributed by atoms with E-state index in [2.05, 4.69) is 25.7 Å². The van der Waals surface area contributed by atoms with Crippen molar-refractivity contribution < 1.29 is 13.9 Å². The highest BCUT2D eigenvalue weighted by Crippen LogP contribution is 2.49. The summed E-state index contributed by atoms with van der Waals surface area (Å²) in [4.78, 5) is 12.7. The molecule has 3 aliphatic carbocycles. The Morgan fingerprint density at radius 2 is 1.67 bits per heavy atom. The third-order valence-corrected chi connectivity index (χ3v) is 8.77. The van der Waals surface area contributed by atoms with Crippen LogP contribution < -0.4 is 4.74 Å². The van der Waals surface area contributed by atoms with Crippen LogP contribution in [0.5, 0.6) is 5.75 Å². The summed E-state index contributed by atoms with van der Waals surface area (Å²) in [5, 5.41) is 0.